The Hall–Kier alpha value is -1.33. The van der Waals surface area contributed by atoms with Crippen molar-refractivity contribution in [3.05, 3.63) is 23.5 Å². The van der Waals surface area contributed by atoms with E-state index < -0.39 is 0 Å². The van der Waals surface area contributed by atoms with Crippen LogP contribution in [-0.2, 0) is 9.53 Å². The van der Waals surface area contributed by atoms with Crippen LogP contribution in [0.1, 0.15) is 38.5 Å². The van der Waals surface area contributed by atoms with Gasteiger partial charge in [0.05, 0.1) is 5.41 Å². The number of esters is 1. The summed E-state index contributed by atoms with van der Waals surface area (Å²) in [6.07, 6.45) is 8.28. The smallest absolute Gasteiger partial charge is 0.312 e. The number of piperazine rings is 1. The van der Waals surface area contributed by atoms with Crippen LogP contribution in [0.4, 0.5) is 5.69 Å². The Balaban J connectivity index is 1.18. The van der Waals surface area contributed by atoms with Crippen LogP contribution in [0.3, 0.4) is 0 Å². The van der Waals surface area contributed by atoms with Crippen molar-refractivity contribution in [3.63, 3.8) is 0 Å². The first-order valence-corrected chi connectivity index (χ1v) is 9.82. The molecule has 25 heavy (non-hydrogen) atoms. The fourth-order valence-corrected chi connectivity index (χ4v) is 4.54. The van der Waals surface area contributed by atoms with E-state index in [0.717, 1.165) is 70.5 Å². The van der Waals surface area contributed by atoms with Gasteiger partial charge in [-0.1, -0.05) is 18.0 Å². The number of ether oxygens (including phenoxy) is 1. The summed E-state index contributed by atoms with van der Waals surface area (Å²) in [5.74, 6) is 0.0772. The Morgan fingerprint density at radius 3 is 2.72 bits per heavy atom. The molecule has 1 atom stereocenters. The van der Waals surface area contributed by atoms with Gasteiger partial charge in [-0.15, -0.1) is 0 Å². The quantitative estimate of drug-likeness (QED) is 0.594. The largest absolute Gasteiger partial charge is 0.462 e. The van der Waals surface area contributed by atoms with E-state index in [-0.39, 0.29) is 17.5 Å². The van der Waals surface area contributed by atoms with Crippen LogP contribution < -0.4 is 4.90 Å². The molecule has 2 aliphatic heterocycles. The number of carbonyl (C=O) groups excluding carboxylic acids is 1. The molecule has 136 valence electrons. The summed E-state index contributed by atoms with van der Waals surface area (Å²) in [6.45, 7) is 5.25. The number of carbonyl (C=O) groups is 1. The van der Waals surface area contributed by atoms with Crippen LogP contribution in [0, 0.1) is 5.41 Å². The van der Waals surface area contributed by atoms with Gasteiger partial charge < -0.3 is 9.64 Å². The molecule has 3 fully saturated rings. The first kappa shape index (κ1) is 17.1. The van der Waals surface area contributed by atoms with Crippen molar-refractivity contribution in [1.82, 2.24) is 9.88 Å². The minimum atomic E-state index is -0.0812. The average molecular weight is 364 g/mol. The van der Waals surface area contributed by atoms with E-state index in [1.807, 2.05) is 12.1 Å². The summed E-state index contributed by atoms with van der Waals surface area (Å²) in [6, 6.07) is 3.95. The van der Waals surface area contributed by atoms with Gasteiger partial charge in [0.25, 0.3) is 0 Å². The molecule has 1 unspecified atom stereocenters. The van der Waals surface area contributed by atoms with Crippen LogP contribution in [0.25, 0.3) is 0 Å². The molecule has 5 nitrogen and oxygen atoms in total. The molecule has 1 aromatic rings. The SMILES string of the molecule is O=C1OC(CCCN2CCN(c3ccnc(Cl)c3)CC2)CC12CCC2. The third kappa shape index (κ3) is 3.63. The highest BCUT2D eigenvalue weighted by molar-refractivity contribution is 6.29. The molecule has 1 saturated carbocycles. The standard InChI is InChI=1S/C19H26ClN3O2/c20-17-13-15(4-7-21-17)23-11-9-22(10-12-23)8-1-3-16-14-19(5-2-6-19)18(24)25-16/h4,7,13,16H,1-3,5-6,8-12,14H2. The molecule has 0 bridgehead atoms. The number of rotatable bonds is 5. The Kier molecular flexibility index (Phi) is 4.87. The van der Waals surface area contributed by atoms with Crippen molar-refractivity contribution in [2.45, 2.75) is 44.6 Å². The lowest BCUT2D eigenvalue weighted by atomic mass is 9.67. The first-order valence-electron chi connectivity index (χ1n) is 9.45. The topological polar surface area (TPSA) is 45.7 Å². The van der Waals surface area contributed by atoms with Gasteiger partial charge in [0.2, 0.25) is 0 Å². The summed E-state index contributed by atoms with van der Waals surface area (Å²) in [7, 11) is 0. The van der Waals surface area contributed by atoms with Gasteiger partial charge in [0.15, 0.2) is 0 Å². The van der Waals surface area contributed by atoms with E-state index in [1.54, 1.807) is 6.20 Å². The van der Waals surface area contributed by atoms with Gasteiger partial charge in [-0.05, 0) is 44.4 Å². The van der Waals surface area contributed by atoms with Crippen molar-refractivity contribution < 1.29 is 9.53 Å². The molecule has 1 aliphatic carbocycles. The first-order chi connectivity index (χ1) is 12.1. The zero-order valence-electron chi connectivity index (χ0n) is 14.6. The number of cyclic esters (lactones) is 1. The number of pyridine rings is 1. The highest BCUT2D eigenvalue weighted by Gasteiger charge is 2.52. The summed E-state index contributed by atoms with van der Waals surface area (Å²) in [5, 5.41) is 0.551. The van der Waals surface area contributed by atoms with Crippen LogP contribution in [0.2, 0.25) is 5.15 Å². The number of halogens is 1. The lowest BCUT2D eigenvalue weighted by Gasteiger charge is -2.36. The molecule has 3 heterocycles. The predicted octanol–water partition coefficient (Wildman–Crippen LogP) is 3.12. The molecule has 0 radical (unpaired) electrons. The Bertz CT molecular complexity index is 627. The number of nitrogens with zero attached hydrogens (tertiary/aromatic N) is 3. The maximum atomic E-state index is 12.0. The third-order valence-electron chi connectivity index (χ3n) is 6.08. The summed E-state index contributed by atoms with van der Waals surface area (Å²) >= 11 is 5.98. The third-order valence-corrected chi connectivity index (χ3v) is 6.29. The monoisotopic (exact) mass is 363 g/mol. The van der Waals surface area contributed by atoms with E-state index in [1.165, 1.54) is 6.42 Å². The molecule has 6 heteroatoms. The highest BCUT2D eigenvalue weighted by Crippen LogP contribution is 2.50. The van der Waals surface area contributed by atoms with Gasteiger partial charge in [-0.2, -0.15) is 0 Å². The molecule has 0 amide bonds. The van der Waals surface area contributed by atoms with Crippen molar-refractivity contribution >= 4 is 23.3 Å². The minimum absolute atomic E-state index is 0.0772. The van der Waals surface area contributed by atoms with Crippen molar-refractivity contribution in [2.75, 3.05) is 37.6 Å². The summed E-state index contributed by atoms with van der Waals surface area (Å²) < 4.78 is 5.61. The van der Waals surface area contributed by atoms with Crippen LogP contribution in [0.5, 0.6) is 0 Å². The van der Waals surface area contributed by atoms with E-state index in [0.29, 0.717) is 5.15 Å². The number of hydrogen-bond donors (Lipinski definition) is 0. The van der Waals surface area contributed by atoms with Gasteiger partial charge in [0.1, 0.15) is 11.3 Å². The Labute approximate surface area is 154 Å². The molecular formula is C19H26ClN3O2. The molecular weight excluding hydrogens is 338 g/mol. The van der Waals surface area contributed by atoms with Gasteiger partial charge >= 0.3 is 5.97 Å². The van der Waals surface area contributed by atoms with Gasteiger partial charge in [0, 0.05) is 44.5 Å². The van der Waals surface area contributed by atoms with Crippen LogP contribution >= 0.6 is 11.6 Å². The summed E-state index contributed by atoms with van der Waals surface area (Å²) in [5.41, 5.74) is 1.07. The number of aromatic nitrogens is 1. The minimum Gasteiger partial charge on any atom is -0.462 e. The highest BCUT2D eigenvalue weighted by atomic mass is 35.5. The molecule has 0 aromatic carbocycles. The number of anilines is 1. The zero-order chi connectivity index (χ0) is 17.3. The average Bonchev–Trinajstić information content (AvgIpc) is 2.92. The maximum absolute atomic E-state index is 12.0. The molecule has 1 aromatic heterocycles. The zero-order valence-corrected chi connectivity index (χ0v) is 15.4. The van der Waals surface area contributed by atoms with Gasteiger partial charge in [-0.25, -0.2) is 4.98 Å². The second kappa shape index (κ2) is 7.12. The second-order valence-electron chi connectivity index (χ2n) is 7.67. The Morgan fingerprint density at radius 1 is 1.28 bits per heavy atom. The predicted molar refractivity (Wildman–Crippen MR) is 97.9 cm³/mol. The lowest BCUT2D eigenvalue weighted by Crippen LogP contribution is -2.46. The van der Waals surface area contributed by atoms with E-state index >= 15 is 0 Å². The fourth-order valence-electron chi connectivity index (χ4n) is 4.37. The van der Waals surface area contributed by atoms with E-state index in [4.69, 9.17) is 16.3 Å². The van der Waals surface area contributed by atoms with Crippen LogP contribution in [0.15, 0.2) is 18.3 Å². The molecule has 4 rings (SSSR count). The van der Waals surface area contributed by atoms with Crippen molar-refractivity contribution in [2.24, 2.45) is 5.41 Å². The Morgan fingerprint density at radius 2 is 2.08 bits per heavy atom. The summed E-state index contributed by atoms with van der Waals surface area (Å²) in [4.78, 5) is 20.9. The lowest BCUT2D eigenvalue weighted by molar-refractivity contribution is -0.152. The second-order valence-corrected chi connectivity index (χ2v) is 8.06. The van der Waals surface area contributed by atoms with Crippen molar-refractivity contribution in [3.8, 4) is 0 Å². The van der Waals surface area contributed by atoms with Gasteiger partial charge in [-0.3, -0.25) is 9.69 Å². The molecule has 0 N–H and O–H groups in total. The van der Waals surface area contributed by atoms with E-state index in [9.17, 15) is 4.79 Å². The van der Waals surface area contributed by atoms with E-state index in [2.05, 4.69) is 14.8 Å². The molecule has 1 spiro atoms. The molecule has 2 saturated heterocycles. The molecule has 3 aliphatic rings. The maximum Gasteiger partial charge on any atom is 0.312 e. The van der Waals surface area contributed by atoms with Crippen LogP contribution in [-0.4, -0.2) is 54.7 Å². The van der Waals surface area contributed by atoms with Crippen molar-refractivity contribution in [1.29, 1.82) is 0 Å². The fraction of sp³-hybridized carbons (Fsp3) is 0.684. The normalized spacial score (nSPS) is 25.9. The number of hydrogen-bond acceptors (Lipinski definition) is 5.